The molecular formula is C16H13BrClN5O2. The number of hydrogen-bond donors (Lipinski definition) is 1. The zero-order chi connectivity index (χ0) is 17.8. The van der Waals surface area contributed by atoms with Gasteiger partial charge in [0.25, 0.3) is 11.5 Å². The van der Waals surface area contributed by atoms with Crippen LogP contribution in [-0.4, -0.2) is 32.0 Å². The van der Waals surface area contributed by atoms with Gasteiger partial charge < -0.3 is 5.32 Å². The van der Waals surface area contributed by atoms with Crippen molar-refractivity contribution in [1.82, 2.24) is 24.9 Å². The summed E-state index contributed by atoms with van der Waals surface area (Å²) in [4.78, 5) is 24.1. The van der Waals surface area contributed by atoms with E-state index in [4.69, 9.17) is 11.6 Å². The molecule has 128 valence electrons. The Hall–Kier alpha value is -2.45. The zero-order valence-electron chi connectivity index (χ0n) is 12.9. The summed E-state index contributed by atoms with van der Waals surface area (Å²) in [6, 6.07) is 9.80. The molecule has 3 rings (SSSR count). The number of carbonyl (C=O) groups excluding carboxylic acids is 1. The lowest BCUT2D eigenvalue weighted by Gasteiger charge is -2.09. The SMILES string of the molecule is O=C(NCCn1nc(-n2cccn2)ccc1=O)c1cc(Br)ccc1Cl. The van der Waals surface area contributed by atoms with Gasteiger partial charge in [-0.15, -0.1) is 5.10 Å². The van der Waals surface area contributed by atoms with E-state index in [0.717, 1.165) is 4.47 Å². The summed E-state index contributed by atoms with van der Waals surface area (Å²) < 4.78 is 3.59. The number of amides is 1. The summed E-state index contributed by atoms with van der Waals surface area (Å²) in [6.45, 7) is 0.461. The van der Waals surface area contributed by atoms with Crippen LogP contribution in [0, 0.1) is 0 Å². The van der Waals surface area contributed by atoms with E-state index >= 15 is 0 Å². The summed E-state index contributed by atoms with van der Waals surface area (Å²) in [5.41, 5.74) is 0.104. The van der Waals surface area contributed by atoms with E-state index in [0.29, 0.717) is 16.4 Å². The molecule has 25 heavy (non-hydrogen) atoms. The molecule has 0 aliphatic heterocycles. The maximum Gasteiger partial charge on any atom is 0.266 e. The van der Waals surface area contributed by atoms with Gasteiger partial charge in [0.1, 0.15) is 0 Å². The molecule has 0 radical (unpaired) electrons. The van der Waals surface area contributed by atoms with Gasteiger partial charge in [-0.3, -0.25) is 9.59 Å². The van der Waals surface area contributed by atoms with Gasteiger partial charge >= 0.3 is 0 Å². The lowest BCUT2D eigenvalue weighted by Crippen LogP contribution is -2.32. The van der Waals surface area contributed by atoms with Gasteiger partial charge in [0, 0.05) is 29.5 Å². The molecular weight excluding hydrogens is 410 g/mol. The molecule has 0 bridgehead atoms. The fourth-order valence-electron chi connectivity index (χ4n) is 2.17. The molecule has 0 atom stereocenters. The van der Waals surface area contributed by atoms with Crippen molar-refractivity contribution in [2.24, 2.45) is 0 Å². The van der Waals surface area contributed by atoms with Crippen molar-refractivity contribution in [2.45, 2.75) is 6.54 Å². The second-order valence-electron chi connectivity index (χ2n) is 5.08. The van der Waals surface area contributed by atoms with Crippen LogP contribution in [-0.2, 0) is 6.54 Å². The molecule has 0 saturated heterocycles. The molecule has 0 aliphatic carbocycles. The molecule has 2 aromatic heterocycles. The van der Waals surface area contributed by atoms with E-state index in [-0.39, 0.29) is 24.6 Å². The van der Waals surface area contributed by atoms with Crippen LogP contribution in [0.25, 0.3) is 5.82 Å². The van der Waals surface area contributed by atoms with Crippen molar-refractivity contribution in [2.75, 3.05) is 6.54 Å². The Bertz CT molecular complexity index is 955. The van der Waals surface area contributed by atoms with Crippen LogP contribution in [0.4, 0.5) is 0 Å². The summed E-state index contributed by atoms with van der Waals surface area (Å²) in [6.07, 6.45) is 3.35. The number of carbonyl (C=O) groups is 1. The van der Waals surface area contributed by atoms with Crippen molar-refractivity contribution in [3.05, 3.63) is 74.2 Å². The molecule has 1 N–H and O–H groups in total. The Kier molecular flexibility index (Phi) is 5.30. The van der Waals surface area contributed by atoms with Crippen LogP contribution in [0.3, 0.4) is 0 Å². The van der Waals surface area contributed by atoms with Gasteiger partial charge in [-0.25, -0.2) is 9.36 Å². The highest BCUT2D eigenvalue weighted by atomic mass is 79.9. The molecule has 3 aromatic rings. The van der Waals surface area contributed by atoms with Crippen LogP contribution in [0.2, 0.25) is 5.02 Å². The molecule has 9 heteroatoms. The second kappa shape index (κ2) is 7.62. The lowest BCUT2D eigenvalue weighted by atomic mass is 10.2. The number of nitrogens with zero attached hydrogens (tertiary/aromatic N) is 4. The largest absolute Gasteiger partial charge is 0.350 e. The Labute approximate surface area is 156 Å². The van der Waals surface area contributed by atoms with E-state index in [1.165, 1.54) is 10.7 Å². The normalized spacial score (nSPS) is 10.6. The maximum absolute atomic E-state index is 12.2. The summed E-state index contributed by atoms with van der Waals surface area (Å²) >= 11 is 9.33. The Balaban J connectivity index is 1.68. The fourth-order valence-corrected chi connectivity index (χ4v) is 2.73. The van der Waals surface area contributed by atoms with Crippen LogP contribution in [0.1, 0.15) is 10.4 Å². The molecule has 0 unspecified atom stereocenters. The number of halogens is 2. The van der Waals surface area contributed by atoms with Gasteiger partial charge in [0.05, 0.1) is 17.1 Å². The van der Waals surface area contributed by atoms with E-state index in [1.54, 1.807) is 47.4 Å². The first-order chi connectivity index (χ1) is 12.0. The molecule has 7 nitrogen and oxygen atoms in total. The average molecular weight is 423 g/mol. The third-order valence-electron chi connectivity index (χ3n) is 3.37. The Morgan fingerprint density at radius 2 is 2.12 bits per heavy atom. The molecule has 0 spiro atoms. The van der Waals surface area contributed by atoms with Crippen molar-refractivity contribution < 1.29 is 4.79 Å². The predicted molar refractivity (Wildman–Crippen MR) is 97.1 cm³/mol. The zero-order valence-corrected chi connectivity index (χ0v) is 15.2. The smallest absolute Gasteiger partial charge is 0.266 e. The molecule has 0 aliphatic rings. The number of aromatic nitrogens is 4. The first kappa shape index (κ1) is 17.4. The summed E-state index contributed by atoms with van der Waals surface area (Å²) in [5.74, 6) is 0.202. The third-order valence-corrected chi connectivity index (χ3v) is 4.20. The fraction of sp³-hybridized carbons (Fsp3) is 0.125. The minimum atomic E-state index is -0.317. The minimum Gasteiger partial charge on any atom is -0.350 e. The van der Waals surface area contributed by atoms with E-state index in [1.807, 2.05) is 0 Å². The molecule has 0 fully saturated rings. The Morgan fingerprint density at radius 3 is 2.88 bits per heavy atom. The van der Waals surface area contributed by atoms with Crippen molar-refractivity contribution in [3.63, 3.8) is 0 Å². The van der Waals surface area contributed by atoms with E-state index in [2.05, 4.69) is 31.4 Å². The first-order valence-corrected chi connectivity index (χ1v) is 8.53. The number of nitrogens with one attached hydrogen (secondary N) is 1. The van der Waals surface area contributed by atoms with Gasteiger partial charge in [-0.05, 0) is 30.3 Å². The van der Waals surface area contributed by atoms with Crippen molar-refractivity contribution in [1.29, 1.82) is 0 Å². The third kappa shape index (κ3) is 4.15. The monoisotopic (exact) mass is 421 g/mol. The molecule has 0 saturated carbocycles. The lowest BCUT2D eigenvalue weighted by molar-refractivity contribution is 0.0952. The van der Waals surface area contributed by atoms with Gasteiger partial charge in [0.15, 0.2) is 5.82 Å². The van der Waals surface area contributed by atoms with Crippen LogP contribution in [0.5, 0.6) is 0 Å². The van der Waals surface area contributed by atoms with Gasteiger partial charge in [0.2, 0.25) is 0 Å². The van der Waals surface area contributed by atoms with Gasteiger partial charge in [-0.1, -0.05) is 27.5 Å². The van der Waals surface area contributed by atoms with E-state index < -0.39 is 0 Å². The standard InChI is InChI=1S/C16H13BrClN5O2/c17-11-2-3-13(18)12(10-11)16(25)19-7-9-23-15(24)5-4-14(21-23)22-8-1-6-20-22/h1-6,8,10H,7,9H2,(H,19,25). The van der Waals surface area contributed by atoms with Crippen molar-refractivity contribution >= 4 is 33.4 Å². The highest BCUT2D eigenvalue weighted by Crippen LogP contribution is 2.20. The summed E-state index contributed by atoms with van der Waals surface area (Å²) in [5, 5.41) is 11.4. The first-order valence-electron chi connectivity index (χ1n) is 7.36. The van der Waals surface area contributed by atoms with Gasteiger partial charge in [-0.2, -0.15) is 5.10 Å². The average Bonchev–Trinajstić information content (AvgIpc) is 3.13. The second-order valence-corrected chi connectivity index (χ2v) is 6.41. The molecule has 1 amide bonds. The highest BCUT2D eigenvalue weighted by Gasteiger charge is 2.11. The summed E-state index contributed by atoms with van der Waals surface area (Å²) in [7, 11) is 0. The molecule has 2 heterocycles. The van der Waals surface area contributed by atoms with Crippen LogP contribution < -0.4 is 10.9 Å². The number of hydrogen-bond acceptors (Lipinski definition) is 4. The topological polar surface area (TPSA) is 81.8 Å². The van der Waals surface area contributed by atoms with E-state index in [9.17, 15) is 9.59 Å². The van der Waals surface area contributed by atoms with Crippen molar-refractivity contribution in [3.8, 4) is 5.82 Å². The van der Waals surface area contributed by atoms with Crippen LogP contribution >= 0.6 is 27.5 Å². The number of rotatable bonds is 5. The highest BCUT2D eigenvalue weighted by molar-refractivity contribution is 9.10. The Morgan fingerprint density at radius 1 is 1.28 bits per heavy atom. The minimum absolute atomic E-state index is 0.227. The van der Waals surface area contributed by atoms with Crippen LogP contribution in [0.15, 0.2) is 58.1 Å². The quantitative estimate of drug-likeness (QED) is 0.684. The maximum atomic E-state index is 12.2. The molecule has 1 aromatic carbocycles. The predicted octanol–water partition coefficient (Wildman–Crippen LogP) is 2.27. The number of benzene rings is 1.